The molecule has 32 heavy (non-hydrogen) atoms. The molecular weight excluding hydrogens is 398 g/mol. The minimum absolute atomic E-state index is 0.00975. The van der Waals surface area contributed by atoms with Crippen molar-refractivity contribution in [1.29, 1.82) is 0 Å². The highest BCUT2D eigenvalue weighted by molar-refractivity contribution is 5.83. The molecule has 2 atom stereocenters. The molecule has 0 aromatic heterocycles. The van der Waals surface area contributed by atoms with E-state index in [0.29, 0.717) is 12.5 Å². The number of aliphatic hydroxyl groups excluding tert-OH is 2. The van der Waals surface area contributed by atoms with Crippen molar-refractivity contribution in [2.45, 2.75) is 57.5 Å². The number of β-amino-alcohol motifs (C(OH)–C–C–N with tert-alkyl or cyclic N) is 1. The predicted molar refractivity (Wildman–Crippen MR) is 130 cm³/mol. The largest absolute Gasteiger partial charge is 0.392 e. The van der Waals surface area contributed by atoms with Gasteiger partial charge in [0.1, 0.15) is 0 Å². The Bertz CT molecular complexity index is 1030. The van der Waals surface area contributed by atoms with Crippen molar-refractivity contribution in [1.82, 2.24) is 5.32 Å². The smallest absolute Gasteiger partial charge is 0.0898 e. The molecule has 1 fully saturated rings. The van der Waals surface area contributed by atoms with Crippen LogP contribution in [0.4, 0.5) is 0 Å². The van der Waals surface area contributed by atoms with Crippen molar-refractivity contribution in [2.75, 3.05) is 13.2 Å². The van der Waals surface area contributed by atoms with E-state index >= 15 is 0 Å². The van der Waals surface area contributed by atoms with Crippen LogP contribution in [0.2, 0.25) is 0 Å². The van der Waals surface area contributed by atoms with Crippen LogP contribution in [0, 0.1) is 5.92 Å². The minimum Gasteiger partial charge on any atom is -0.392 e. The van der Waals surface area contributed by atoms with Gasteiger partial charge >= 0.3 is 0 Å². The third-order valence-electron chi connectivity index (χ3n) is 6.33. The number of rotatable bonds is 11. The summed E-state index contributed by atoms with van der Waals surface area (Å²) in [6.45, 7) is 5.09. The summed E-state index contributed by atoms with van der Waals surface area (Å²) in [7, 11) is 0. The molecule has 4 rings (SSSR count). The molecule has 1 aliphatic rings. The SMILES string of the molecule is CC(C)(Cc1ccc2ccccc2c1)NC[C@@H](O)CO[C@@H](c1ccccc1CO)C1CC1. The lowest BCUT2D eigenvalue weighted by Gasteiger charge is -2.29. The first-order valence-corrected chi connectivity index (χ1v) is 11.7. The average molecular weight is 434 g/mol. The second-order valence-electron chi connectivity index (χ2n) is 9.73. The quantitative estimate of drug-likeness (QED) is 0.408. The molecule has 3 N–H and O–H groups in total. The van der Waals surface area contributed by atoms with Gasteiger partial charge in [-0.2, -0.15) is 0 Å². The van der Waals surface area contributed by atoms with Crippen LogP contribution < -0.4 is 5.32 Å². The third-order valence-corrected chi connectivity index (χ3v) is 6.33. The molecule has 0 aliphatic heterocycles. The maximum absolute atomic E-state index is 10.6. The molecule has 0 unspecified atom stereocenters. The summed E-state index contributed by atoms with van der Waals surface area (Å²) >= 11 is 0. The second kappa shape index (κ2) is 10.1. The molecule has 4 nitrogen and oxygen atoms in total. The highest BCUT2D eigenvalue weighted by Crippen LogP contribution is 2.44. The van der Waals surface area contributed by atoms with Crippen molar-refractivity contribution < 1.29 is 14.9 Å². The number of ether oxygens (including phenoxy) is 1. The van der Waals surface area contributed by atoms with E-state index < -0.39 is 6.10 Å². The highest BCUT2D eigenvalue weighted by atomic mass is 16.5. The van der Waals surface area contributed by atoms with Gasteiger partial charge in [-0.3, -0.25) is 0 Å². The summed E-state index contributed by atoms with van der Waals surface area (Å²) in [4.78, 5) is 0. The zero-order valence-electron chi connectivity index (χ0n) is 19.1. The van der Waals surface area contributed by atoms with Gasteiger partial charge in [0.25, 0.3) is 0 Å². The van der Waals surface area contributed by atoms with Crippen LogP contribution >= 0.6 is 0 Å². The van der Waals surface area contributed by atoms with E-state index in [9.17, 15) is 10.2 Å². The number of fused-ring (bicyclic) bond motifs is 1. The fourth-order valence-corrected chi connectivity index (χ4v) is 4.42. The van der Waals surface area contributed by atoms with Gasteiger partial charge in [-0.25, -0.2) is 0 Å². The zero-order valence-corrected chi connectivity index (χ0v) is 19.1. The summed E-state index contributed by atoms with van der Waals surface area (Å²) in [6.07, 6.45) is 2.50. The number of nitrogens with one attached hydrogen (secondary N) is 1. The van der Waals surface area contributed by atoms with Crippen LogP contribution in [0.5, 0.6) is 0 Å². The summed E-state index contributed by atoms with van der Waals surface area (Å²) in [5.74, 6) is 0.479. The van der Waals surface area contributed by atoms with Gasteiger partial charge in [0.05, 0.1) is 25.4 Å². The topological polar surface area (TPSA) is 61.7 Å². The third kappa shape index (κ3) is 5.96. The zero-order chi connectivity index (χ0) is 22.6. The lowest BCUT2D eigenvalue weighted by atomic mass is 9.93. The van der Waals surface area contributed by atoms with Gasteiger partial charge < -0.3 is 20.3 Å². The van der Waals surface area contributed by atoms with Crippen LogP contribution in [0.3, 0.4) is 0 Å². The lowest BCUT2D eigenvalue weighted by Crippen LogP contribution is -2.46. The summed E-state index contributed by atoms with van der Waals surface area (Å²) in [5, 5.41) is 26.3. The summed E-state index contributed by atoms with van der Waals surface area (Å²) < 4.78 is 6.19. The van der Waals surface area contributed by atoms with Crippen molar-refractivity contribution in [2.24, 2.45) is 5.92 Å². The molecule has 0 bridgehead atoms. The Morgan fingerprint density at radius 1 is 1.00 bits per heavy atom. The molecule has 0 radical (unpaired) electrons. The molecule has 1 aliphatic carbocycles. The Hall–Kier alpha value is -2.24. The average Bonchev–Trinajstić information content (AvgIpc) is 3.63. The molecular formula is C28H35NO3. The second-order valence-corrected chi connectivity index (χ2v) is 9.73. The number of benzene rings is 3. The van der Waals surface area contributed by atoms with Crippen molar-refractivity contribution >= 4 is 10.8 Å². The van der Waals surface area contributed by atoms with Crippen LogP contribution in [0.25, 0.3) is 10.8 Å². The van der Waals surface area contributed by atoms with Crippen LogP contribution in [-0.2, 0) is 17.8 Å². The van der Waals surface area contributed by atoms with Gasteiger partial charge in [0.15, 0.2) is 0 Å². The van der Waals surface area contributed by atoms with Gasteiger partial charge in [-0.1, -0.05) is 66.7 Å². The van der Waals surface area contributed by atoms with Gasteiger partial charge in [-0.15, -0.1) is 0 Å². The predicted octanol–water partition coefficient (Wildman–Crippen LogP) is 4.77. The van der Waals surface area contributed by atoms with Crippen molar-refractivity contribution in [3.8, 4) is 0 Å². The van der Waals surface area contributed by atoms with E-state index in [1.165, 1.54) is 16.3 Å². The Morgan fingerprint density at radius 3 is 2.47 bits per heavy atom. The molecule has 3 aromatic rings. The lowest BCUT2D eigenvalue weighted by molar-refractivity contribution is -0.0218. The fourth-order valence-electron chi connectivity index (χ4n) is 4.42. The first-order chi connectivity index (χ1) is 15.4. The van der Waals surface area contributed by atoms with Gasteiger partial charge in [-0.05, 0) is 66.5 Å². The molecule has 170 valence electrons. The molecule has 3 aromatic carbocycles. The van der Waals surface area contributed by atoms with Crippen LogP contribution in [0.15, 0.2) is 66.7 Å². The highest BCUT2D eigenvalue weighted by Gasteiger charge is 2.34. The Balaban J connectivity index is 1.30. The van der Waals surface area contributed by atoms with E-state index in [1.807, 2.05) is 24.3 Å². The Morgan fingerprint density at radius 2 is 1.72 bits per heavy atom. The van der Waals surface area contributed by atoms with Gasteiger partial charge in [0, 0.05) is 12.1 Å². The van der Waals surface area contributed by atoms with E-state index in [0.717, 1.165) is 30.4 Å². The number of hydrogen-bond acceptors (Lipinski definition) is 4. The first-order valence-electron chi connectivity index (χ1n) is 11.7. The fraction of sp³-hybridized carbons (Fsp3) is 0.429. The van der Waals surface area contributed by atoms with Crippen LogP contribution in [-0.4, -0.2) is 35.0 Å². The van der Waals surface area contributed by atoms with Crippen LogP contribution in [0.1, 0.15) is 49.5 Å². The van der Waals surface area contributed by atoms with Crippen molar-refractivity contribution in [3.63, 3.8) is 0 Å². The normalized spacial score (nSPS) is 16.2. The number of aliphatic hydroxyl groups is 2. The summed E-state index contributed by atoms with van der Waals surface area (Å²) in [6, 6.07) is 22.9. The monoisotopic (exact) mass is 433 g/mol. The molecule has 0 amide bonds. The van der Waals surface area contributed by atoms with E-state index in [1.54, 1.807) is 0 Å². The minimum atomic E-state index is -0.589. The van der Waals surface area contributed by atoms with Gasteiger partial charge in [0.2, 0.25) is 0 Å². The first kappa shape index (κ1) is 22.9. The van der Waals surface area contributed by atoms with E-state index in [4.69, 9.17) is 4.74 Å². The van der Waals surface area contributed by atoms with E-state index in [-0.39, 0.29) is 24.9 Å². The van der Waals surface area contributed by atoms with E-state index in [2.05, 4.69) is 61.6 Å². The molecule has 1 saturated carbocycles. The molecule has 4 heteroatoms. The Labute approximate surface area is 191 Å². The molecule has 0 spiro atoms. The molecule has 0 saturated heterocycles. The maximum atomic E-state index is 10.6. The standard InChI is InChI=1S/C28H35NO3/c1-28(2,16-20-11-12-21-7-3-4-8-23(21)15-20)29-17-25(31)19-32-27(22-13-14-22)26-10-6-5-9-24(26)18-30/h3-12,15,22,25,27,29-31H,13-14,16-19H2,1-2H3/t25-,27-/m1/s1. The summed E-state index contributed by atoms with van der Waals surface area (Å²) in [5.41, 5.74) is 3.09. The maximum Gasteiger partial charge on any atom is 0.0898 e. The Kier molecular flexibility index (Phi) is 7.27. The number of hydrogen-bond donors (Lipinski definition) is 3. The van der Waals surface area contributed by atoms with Crippen molar-refractivity contribution in [3.05, 3.63) is 83.4 Å². The molecule has 0 heterocycles.